The second-order valence-electron chi connectivity index (χ2n) is 5.91. The van der Waals surface area contributed by atoms with Crippen LogP contribution in [0.3, 0.4) is 0 Å². The lowest BCUT2D eigenvalue weighted by Crippen LogP contribution is -2.45. The molecule has 4 atom stereocenters. The molecule has 3 aliphatic rings. The highest BCUT2D eigenvalue weighted by atomic mass is 16.2. The second kappa shape index (κ2) is 2.10. The Kier molecular flexibility index (Phi) is 1.28. The molecule has 3 fully saturated rings. The van der Waals surface area contributed by atoms with E-state index >= 15 is 0 Å². The number of rotatable bonds is 0. The zero-order chi connectivity index (χ0) is 10.1. The van der Waals surface area contributed by atoms with Gasteiger partial charge in [0.05, 0.1) is 12.1 Å². The van der Waals surface area contributed by atoms with Crippen LogP contribution in [0.5, 0.6) is 0 Å². The van der Waals surface area contributed by atoms with Gasteiger partial charge in [0, 0.05) is 0 Å². The summed E-state index contributed by atoms with van der Waals surface area (Å²) in [4.78, 5) is 11.3. The summed E-state index contributed by atoms with van der Waals surface area (Å²) in [6.07, 6.45) is 2.53. The van der Waals surface area contributed by atoms with E-state index in [-0.39, 0.29) is 6.03 Å². The molecule has 0 spiro atoms. The molecule has 2 N–H and O–H groups in total. The monoisotopic (exact) mass is 194 g/mol. The highest BCUT2D eigenvalue weighted by Crippen LogP contribution is 2.65. The maximum Gasteiger partial charge on any atom is 0.315 e. The fraction of sp³-hybridized carbons (Fsp3) is 0.909. The summed E-state index contributed by atoms with van der Waals surface area (Å²) in [5, 5.41) is 6.17. The quantitative estimate of drug-likeness (QED) is 0.602. The van der Waals surface area contributed by atoms with Gasteiger partial charge in [-0.3, -0.25) is 0 Å². The third kappa shape index (κ3) is 0.665. The van der Waals surface area contributed by atoms with Crippen LogP contribution < -0.4 is 10.6 Å². The minimum absolute atomic E-state index is 0.0358. The van der Waals surface area contributed by atoms with E-state index in [1.165, 1.54) is 12.8 Å². The first-order chi connectivity index (χ1) is 6.47. The van der Waals surface area contributed by atoms with E-state index in [4.69, 9.17) is 0 Å². The van der Waals surface area contributed by atoms with Crippen molar-refractivity contribution in [3.8, 4) is 0 Å². The van der Waals surface area contributed by atoms with Crippen molar-refractivity contribution in [2.75, 3.05) is 0 Å². The number of urea groups is 1. The summed E-state index contributed by atoms with van der Waals surface area (Å²) in [5.41, 5.74) is 0.657. The van der Waals surface area contributed by atoms with E-state index in [9.17, 15) is 4.79 Å². The van der Waals surface area contributed by atoms with Gasteiger partial charge in [-0.05, 0) is 29.6 Å². The van der Waals surface area contributed by atoms with Gasteiger partial charge >= 0.3 is 6.03 Å². The number of hydrogen-bond donors (Lipinski definition) is 2. The molecule has 3 nitrogen and oxygen atoms in total. The lowest BCUT2D eigenvalue weighted by molar-refractivity contribution is 0.126. The van der Waals surface area contributed by atoms with Gasteiger partial charge in [0.2, 0.25) is 0 Å². The van der Waals surface area contributed by atoms with Gasteiger partial charge in [-0.25, -0.2) is 4.79 Å². The zero-order valence-electron chi connectivity index (χ0n) is 9.05. The summed E-state index contributed by atoms with van der Waals surface area (Å²) in [6.45, 7) is 7.05. The van der Waals surface area contributed by atoms with Crippen molar-refractivity contribution in [3.63, 3.8) is 0 Å². The van der Waals surface area contributed by atoms with E-state index in [1.807, 2.05) is 0 Å². The average Bonchev–Trinajstić information content (AvgIpc) is 2.59. The molecular weight excluding hydrogens is 176 g/mol. The molecule has 2 saturated carbocycles. The van der Waals surface area contributed by atoms with Gasteiger partial charge in [-0.1, -0.05) is 20.8 Å². The topological polar surface area (TPSA) is 41.1 Å². The largest absolute Gasteiger partial charge is 0.333 e. The number of carbonyl (C=O) groups is 1. The third-order valence-electron chi connectivity index (χ3n) is 5.44. The molecule has 1 aliphatic heterocycles. The fourth-order valence-electron chi connectivity index (χ4n) is 4.14. The number of hydrogen-bond acceptors (Lipinski definition) is 1. The Morgan fingerprint density at radius 1 is 1.29 bits per heavy atom. The Hall–Kier alpha value is -0.730. The van der Waals surface area contributed by atoms with Crippen LogP contribution in [0.15, 0.2) is 0 Å². The zero-order valence-corrected chi connectivity index (χ0v) is 9.05. The standard InChI is InChI=1S/C11H18N2O/c1-10(2)6-4-5-11(10,3)8-7(6)12-9(14)13-8/h6-8H,4-5H2,1-3H3,(H2,12,13,14)/t6-,7+,8-,11-/m0/s1. The highest BCUT2D eigenvalue weighted by molar-refractivity contribution is 5.78. The molecule has 0 radical (unpaired) electrons. The van der Waals surface area contributed by atoms with Gasteiger partial charge < -0.3 is 10.6 Å². The van der Waals surface area contributed by atoms with Crippen molar-refractivity contribution in [1.82, 2.24) is 10.6 Å². The van der Waals surface area contributed by atoms with Crippen LogP contribution in [-0.4, -0.2) is 18.1 Å². The Morgan fingerprint density at radius 3 is 2.64 bits per heavy atom. The van der Waals surface area contributed by atoms with Crippen LogP contribution in [0.2, 0.25) is 0 Å². The Balaban J connectivity index is 2.06. The summed E-state index contributed by atoms with van der Waals surface area (Å²) < 4.78 is 0. The summed E-state index contributed by atoms with van der Waals surface area (Å²) >= 11 is 0. The van der Waals surface area contributed by atoms with Crippen LogP contribution in [0.25, 0.3) is 0 Å². The number of nitrogens with one attached hydrogen (secondary N) is 2. The first-order valence-electron chi connectivity index (χ1n) is 5.54. The molecule has 3 rings (SSSR count). The van der Waals surface area contributed by atoms with Gasteiger partial charge in [-0.2, -0.15) is 0 Å². The Labute approximate surface area is 84.6 Å². The van der Waals surface area contributed by atoms with E-state index < -0.39 is 0 Å². The fourth-order valence-corrected chi connectivity index (χ4v) is 4.14. The predicted octanol–water partition coefficient (Wildman–Crippen LogP) is 1.49. The van der Waals surface area contributed by atoms with Crippen LogP contribution >= 0.6 is 0 Å². The van der Waals surface area contributed by atoms with Crippen molar-refractivity contribution >= 4 is 6.03 Å². The van der Waals surface area contributed by atoms with E-state index in [0.717, 1.165) is 0 Å². The minimum atomic E-state index is 0.0358. The molecule has 2 aliphatic carbocycles. The second-order valence-corrected chi connectivity index (χ2v) is 5.91. The smallest absolute Gasteiger partial charge is 0.315 e. The molecule has 2 amide bonds. The van der Waals surface area contributed by atoms with Gasteiger partial charge in [0.1, 0.15) is 0 Å². The molecule has 1 saturated heterocycles. The maximum absolute atomic E-state index is 11.3. The van der Waals surface area contributed by atoms with Gasteiger partial charge in [0.25, 0.3) is 0 Å². The van der Waals surface area contributed by atoms with Crippen molar-refractivity contribution < 1.29 is 4.79 Å². The highest BCUT2D eigenvalue weighted by Gasteiger charge is 2.68. The predicted molar refractivity (Wildman–Crippen MR) is 53.9 cm³/mol. The van der Waals surface area contributed by atoms with Crippen molar-refractivity contribution in [1.29, 1.82) is 0 Å². The number of carbonyl (C=O) groups excluding carboxylic acids is 1. The van der Waals surface area contributed by atoms with E-state index in [2.05, 4.69) is 31.4 Å². The van der Waals surface area contributed by atoms with Crippen LogP contribution in [0, 0.1) is 16.7 Å². The van der Waals surface area contributed by atoms with E-state index in [1.54, 1.807) is 0 Å². The maximum atomic E-state index is 11.3. The Morgan fingerprint density at radius 2 is 2.00 bits per heavy atom. The van der Waals surface area contributed by atoms with Gasteiger partial charge in [0.15, 0.2) is 0 Å². The molecule has 0 aromatic carbocycles. The normalized spacial score (nSPS) is 52.8. The molecule has 1 heterocycles. The molecule has 0 aromatic heterocycles. The van der Waals surface area contributed by atoms with Crippen molar-refractivity contribution in [3.05, 3.63) is 0 Å². The first kappa shape index (κ1) is 8.57. The Bertz CT molecular complexity index is 312. The lowest BCUT2D eigenvalue weighted by atomic mass is 9.69. The number of amides is 2. The van der Waals surface area contributed by atoms with E-state index in [0.29, 0.717) is 28.8 Å². The summed E-state index contributed by atoms with van der Waals surface area (Å²) in [5.74, 6) is 0.663. The molecule has 14 heavy (non-hydrogen) atoms. The van der Waals surface area contributed by atoms with Crippen molar-refractivity contribution in [2.24, 2.45) is 16.7 Å². The van der Waals surface area contributed by atoms with Crippen LogP contribution in [0.4, 0.5) is 4.79 Å². The summed E-state index contributed by atoms with van der Waals surface area (Å²) in [6, 6.07) is 0.786. The molecule has 0 aromatic rings. The average molecular weight is 194 g/mol. The van der Waals surface area contributed by atoms with Crippen LogP contribution in [0.1, 0.15) is 33.6 Å². The molecule has 0 unspecified atom stereocenters. The minimum Gasteiger partial charge on any atom is -0.333 e. The summed E-state index contributed by atoms with van der Waals surface area (Å²) in [7, 11) is 0. The molecular formula is C11H18N2O. The molecule has 3 heteroatoms. The lowest BCUT2D eigenvalue weighted by Gasteiger charge is -2.38. The number of fused-ring (bicyclic) bond motifs is 5. The van der Waals surface area contributed by atoms with Gasteiger partial charge in [-0.15, -0.1) is 0 Å². The molecule has 78 valence electrons. The SMILES string of the molecule is CC1(C)[C@H]2CC[C@@]1(C)[C@H]1NC(=O)N[C@H]21. The first-order valence-corrected chi connectivity index (χ1v) is 5.54. The van der Waals surface area contributed by atoms with Crippen LogP contribution in [-0.2, 0) is 0 Å². The third-order valence-corrected chi connectivity index (χ3v) is 5.44. The molecule has 2 bridgehead atoms. The van der Waals surface area contributed by atoms with Crippen molar-refractivity contribution in [2.45, 2.75) is 45.7 Å².